The lowest BCUT2D eigenvalue weighted by atomic mass is 9.87. The number of nitrogens with zero attached hydrogens (tertiary/aromatic N) is 1. The zero-order valence-corrected chi connectivity index (χ0v) is 13.1. The van der Waals surface area contributed by atoms with E-state index in [-0.39, 0.29) is 0 Å². The SMILES string of the molecule is CC(C)C1CCN(S(=O)(=O)c2ccc(CN)s2)CC1. The summed E-state index contributed by atoms with van der Waals surface area (Å²) < 4.78 is 27.0. The molecule has 0 amide bonds. The normalized spacial score (nSPS) is 19.2. The van der Waals surface area contributed by atoms with Gasteiger partial charge in [-0.3, -0.25) is 0 Å². The second-order valence-electron chi connectivity index (χ2n) is 5.41. The molecule has 0 unspecified atom stereocenters. The summed E-state index contributed by atoms with van der Waals surface area (Å²) in [7, 11) is -3.30. The van der Waals surface area contributed by atoms with Crippen molar-refractivity contribution in [3.8, 4) is 0 Å². The second-order valence-corrected chi connectivity index (χ2v) is 8.74. The Morgan fingerprint density at radius 2 is 2.00 bits per heavy atom. The van der Waals surface area contributed by atoms with Crippen molar-refractivity contribution < 1.29 is 8.42 Å². The molecule has 2 heterocycles. The molecule has 2 N–H and O–H groups in total. The van der Waals surface area contributed by atoms with Gasteiger partial charge in [0.15, 0.2) is 0 Å². The van der Waals surface area contributed by atoms with Gasteiger partial charge in [-0.25, -0.2) is 8.42 Å². The Morgan fingerprint density at radius 1 is 1.37 bits per heavy atom. The van der Waals surface area contributed by atoms with Gasteiger partial charge in [-0.05, 0) is 36.8 Å². The molecule has 0 atom stereocenters. The molecule has 1 aromatic heterocycles. The van der Waals surface area contributed by atoms with E-state index in [4.69, 9.17) is 5.73 Å². The quantitative estimate of drug-likeness (QED) is 0.928. The first kappa shape index (κ1) is 15.0. The Labute approximate surface area is 119 Å². The van der Waals surface area contributed by atoms with Crippen molar-refractivity contribution in [3.63, 3.8) is 0 Å². The molecule has 108 valence electrons. The summed E-state index contributed by atoms with van der Waals surface area (Å²) in [4.78, 5) is 0.913. The van der Waals surface area contributed by atoms with Gasteiger partial charge in [-0.15, -0.1) is 11.3 Å². The third-order valence-corrected chi connectivity index (χ3v) is 7.35. The molecule has 0 radical (unpaired) electrons. The number of hydrogen-bond acceptors (Lipinski definition) is 4. The molecule has 0 saturated carbocycles. The van der Waals surface area contributed by atoms with Gasteiger partial charge in [0.05, 0.1) is 0 Å². The summed E-state index contributed by atoms with van der Waals surface area (Å²) in [5, 5.41) is 0. The van der Waals surface area contributed by atoms with Crippen LogP contribution in [0.15, 0.2) is 16.3 Å². The maximum absolute atomic E-state index is 12.5. The Hall–Kier alpha value is -0.430. The van der Waals surface area contributed by atoms with Crippen LogP contribution in [0.25, 0.3) is 0 Å². The lowest BCUT2D eigenvalue weighted by molar-refractivity contribution is 0.227. The average molecular weight is 302 g/mol. The molecule has 1 aromatic rings. The van der Waals surface area contributed by atoms with Crippen LogP contribution in [0.1, 0.15) is 31.6 Å². The van der Waals surface area contributed by atoms with Crippen molar-refractivity contribution in [2.75, 3.05) is 13.1 Å². The zero-order chi connectivity index (χ0) is 14.0. The van der Waals surface area contributed by atoms with E-state index in [2.05, 4.69) is 13.8 Å². The third-order valence-electron chi connectivity index (χ3n) is 3.87. The minimum absolute atomic E-state index is 0.398. The largest absolute Gasteiger partial charge is 0.326 e. The summed E-state index contributed by atoms with van der Waals surface area (Å²) in [6.07, 6.45) is 1.93. The fraction of sp³-hybridized carbons (Fsp3) is 0.692. The predicted octanol–water partition coefficient (Wildman–Crippen LogP) is 2.26. The van der Waals surface area contributed by atoms with Crippen LogP contribution in [0.2, 0.25) is 0 Å². The van der Waals surface area contributed by atoms with Crippen LogP contribution in [0, 0.1) is 11.8 Å². The van der Waals surface area contributed by atoms with E-state index in [9.17, 15) is 8.42 Å². The van der Waals surface area contributed by atoms with Crippen LogP contribution in [0.5, 0.6) is 0 Å². The Kier molecular flexibility index (Phi) is 4.66. The van der Waals surface area contributed by atoms with Crippen LogP contribution in [0.3, 0.4) is 0 Å². The lowest BCUT2D eigenvalue weighted by Gasteiger charge is -2.32. The lowest BCUT2D eigenvalue weighted by Crippen LogP contribution is -2.39. The molecule has 1 aliphatic rings. The Bertz CT molecular complexity index is 515. The molecular formula is C13H22N2O2S2. The zero-order valence-electron chi connectivity index (χ0n) is 11.5. The number of thiophene rings is 1. The van der Waals surface area contributed by atoms with Crippen molar-refractivity contribution >= 4 is 21.4 Å². The Balaban J connectivity index is 2.09. The predicted molar refractivity (Wildman–Crippen MR) is 78.5 cm³/mol. The molecule has 1 aliphatic heterocycles. The van der Waals surface area contributed by atoms with Crippen LogP contribution in [-0.2, 0) is 16.6 Å². The maximum atomic E-state index is 12.5. The van der Waals surface area contributed by atoms with Gasteiger partial charge in [0.2, 0.25) is 0 Å². The molecule has 0 spiro atoms. The average Bonchev–Trinajstić information content (AvgIpc) is 2.88. The Morgan fingerprint density at radius 3 is 2.47 bits per heavy atom. The highest BCUT2D eigenvalue weighted by Gasteiger charge is 2.31. The first-order chi connectivity index (χ1) is 8.95. The fourth-order valence-electron chi connectivity index (χ4n) is 2.52. The first-order valence-corrected chi connectivity index (χ1v) is 8.99. The molecule has 0 aromatic carbocycles. The van der Waals surface area contributed by atoms with E-state index in [1.165, 1.54) is 11.3 Å². The van der Waals surface area contributed by atoms with Gasteiger partial charge in [-0.1, -0.05) is 13.8 Å². The van der Waals surface area contributed by atoms with Crippen molar-refractivity contribution in [1.29, 1.82) is 0 Å². The summed E-state index contributed by atoms with van der Waals surface area (Å²) in [6.45, 7) is 6.10. The van der Waals surface area contributed by atoms with Crippen molar-refractivity contribution in [2.45, 2.75) is 37.4 Å². The molecule has 0 aliphatic carbocycles. The first-order valence-electron chi connectivity index (χ1n) is 6.74. The van der Waals surface area contributed by atoms with Crippen LogP contribution < -0.4 is 5.73 Å². The van der Waals surface area contributed by atoms with Crippen LogP contribution in [-0.4, -0.2) is 25.8 Å². The van der Waals surface area contributed by atoms with E-state index in [1.807, 2.05) is 0 Å². The summed E-state index contributed by atoms with van der Waals surface area (Å²) in [5.41, 5.74) is 5.54. The van der Waals surface area contributed by atoms with Gasteiger partial charge in [0.25, 0.3) is 10.0 Å². The molecule has 6 heteroatoms. The minimum atomic E-state index is -3.30. The molecule has 2 rings (SSSR count). The van der Waals surface area contributed by atoms with E-state index in [0.29, 0.717) is 35.7 Å². The third kappa shape index (κ3) is 3.18. The topological polar surface area (TPSA) is 63.4 Å². The highest BCUT2D eigenvalue weighted by Crippen LogP contribution is 2.30. The van der Waals surface area contributed by atoms with Gasteiger partial charge < -0.3 is 5.73 Å². The number of nitrogens with two attached hydrogens (primary N) is 1. The van der Waals surface area contributed by atoms with Gasteiger partial charge in [0.1, 0.15) is 4.21 Å². The molecule has 19 heavy (non-hydrogen) atoms. The smallest absolute Gasteiger partial charge is 0.252 e. The van der Waals surface area contributed by atoms with Gasteiger partial charge in [0, 0.05) is 24.5 Å². The summed E-state index contributed by atoms with van der Waals surface area (Å²) in [6, 6.07) is 3.48. The van der Waals surface area contributed by atoms with E-state index >= 15 is 0 Å². The summed E-state index contributed by atoms with van der Waals surface area (Å²) in [5.74, 6) is 1.28. The highest BCUT2D eigenvalue weighted by atomic mass is 32.2. The highest BCUT2D eigenvalue weighted by molar-refractivity contribution is 7.91. The standard InChI is InChI=1S/C13H22N2O2S2/c1-10(2)11-5-7-15(8-6-11)19(16,17)13-4-3-12(9-14)18-13/h3-4,10-11H,5-9,14H2,1-2H3. The number of piperidine rings is 1. The molecule has 4 nitrogen and oxygen atoms in total. The van der Waals surface area contributed by atoms with Crippen molar-refractivity contribution in [3.05, 3.63) is 17.0 Å². The minimum Gasteiger partial charge on any atom is -0.326 e. The summed E-state index contributed by atoms with van der Waals surface area (Å²) >= 11 is 1.29. The van der Waals surface area contributed by atoms with E-state index in [0.717, 1.165) is 17.7 Å². The number of hydrogen-bond donors (Lipinski definition) is 1. The molecular weight excluding hydrogens is 280 g/mol. The van der Waals surface area contributed by atoms with Crippen molar-refractivity contribution in [2.24, 2.45) is 17.6 Å². The number of sulfonamides is 1. The van der Waals surface area contributed by atoms with Crippen LogP contribution >= 0.6 is 11.3 Å². The van der Waals surface area contributed by atoms with E-state index < -0.39 is 10.0 Å². The van der Waals surface area contributed by atoms with Gasteiger partial charge in [-0.2, -0.15) is 4.31 Å². The second kappa shape index (κ2) is 5.91. The van der Waals surface area contributed by atoms with Gasteiger partial charge >= 0.3 is 0 Å². The monoisotopic (exact) mass is 302 g/mol. The van der Waals surface area contributed by atoms with Crippen molar-refractivity contribution in [1.82, 2.24) is 4.31 Å². The fourth-order valence-corrected chi connectivity index (χ4v) is 5.38. The number of rotatable bonds is 4. The molecule has 1 fully saturated rings. The molecule has 0 bridgehead atoms. The maximum Gasteiger partial charge on any atom is 0.252 e. The molecule has 1 saturated heterocycles. The van der Waals surface area contributed by atoms with E-state index in [1.54, 1.807) is 16.4 Å². The van der Waals surface area contributed by atoms with Crippen LogP contribution in [0.4, 0.5) is 0 Å².